The fraction of sp³-hybridized carbons (Fsp3) is 0.222. The van der Waals surface area contributed by atoms with E-state index in [1.165, 1.54) is 19.1 Å². The molecule has 0 aliphatic rings. The summed E-state index contributed by atoms with van der Waals surface area (Å²) in [5.41, 5.74) is 1.05. The van der Waals surface area contributed by atoms with Gasteiger partial charge < -0.3 is 9.47 Å². The van der Waals surface area contributed by atoms with Crippen LogP contribution in [0.3, 0.4) is 0 Å². The molecule has 0 aliphatic carbocycles. The highest BCUT2D eigenvalue weighted by molar-refractivity contribution is 5.94. The average molecular weight is 343 g/mol. The van der Waals surface area contributed by atoms with Crippen molar-refractivity contribution in [3.05, 3.63) is 63.2 Å². The van der Waals surface area contributed by atoms with Gasteiger partial charge in [0, 0.05) is 23.3 Å². The molecule has 2 aromatic rings. The molecule has 0 spiro atoms. The topological polar surface area (TPSA) is 95.7 Å². The molecule has 2 aromatic carbocycles. The highest BCUT2D eigenvalue weighted by atomic mass is 16.6. The lowest BCUT2D eigenvalue weighted by Crippen LogP contribution is -2.04. The normalized spacial score (nSPS) is 10.2. The molecule has 0 bridgehead atoms. The molecule has 25 heavy (non-hydrogen) atoms. The third kappa shape index (κ3) is 4.41. The number of ether oxygens (including phenoxy) is 2. The second-order valence-corrected chi connectivity index (χ2v) is 5.20. The third-order valence-electron chi connectivity index (χ3n) is 3.48. The van der Waals surface area contributed by atoms with Gasteiger partial charge in [-0.3, -0.25) is 19.7 Å². The number of rotatable bonds is 8. The Kier molecular flexibility index (Phi) is 5.84. The Morgan fingerprint density at radius 3 is 2.48 bits per heavy atom. The predicted octanol–water partition coefficient (Wildman–Crippen LogP) is 3.59. The Morgan fingerprint density at radius 2 is 1.88 bits per heavy atom. The minimum Gasteiger partial charge on any atom is -0.493 e. The van der Waals surface area contributed by atoms with Crippen molar-refractivity contribution in [2.75, 3.05) is 6.61 Å². The quantitative estimate of drug-likeness (QED) is 0.314. The maximum Gasteiger partial charge on any atom is 0.270 e. The minimum atomic E-state index is -0.583. The van der Waals surface area contributed by atoms with Crippen LogP contribution in [0, 0.1) is 10.1 Å². The SMILES string of the molecule is CCOc1ccc(C(C)=O)cc1COc1ccc([N+](=O)[O-])cc1C=O. The molecule has 0 heterocycles. The molecule has 0 saturated carbocycles. The van der Waals surface area contributed by atoms with E-state index in [4.69, 9.17) is 9.47 Å². The zero-order valence-corrected chi connectivity index (χ0v) is 13.9. The van der Waals surface area contributed by atoms with Crippen molar-refractivity contribution >= 4 is 17.8 Å². The molecule has 0 N–H and O–H groups in total. The van der Waals surface area contributed by atoms with Crippen LogP contribution in [0.1, 0.15) is 40.1 Å². The van der Waals surface area contributed by atoms with Gasteiger partial charge in [-0.1, -0.05) is 0 Å². The molecule has 0 fully saturated rings. The molecule has 130 valence electrons. The summed E-state index contributed by atoms with van der Waals surface area (Å²) in [5, 5.41) is 10.8. The zero-order chi connectivity index (χ0) is 18.4. The van der Waals surface area contributed by atoms with Crippen molar-refractivity contribution in [3.63, 3.8) is 0 Å². The van der Waals surface area contributed by atoms with Gasteiger partial charge in [0.2, 0.25) is 0 Å². The molecule has 0 aromatic heterocycles. The summed E-state index contributed by atoms with van der Waals surface area (Å²) in [6.45, 7) is 3.80. The van der Waals surface area contributed by atoms with Crippen LogP contribution in [0.25, 0.3) is 0 Å². The summed E-state index contributed by atoms with van der Waals surface area (Å²) < 4.78 is 11.1. The van der Waals surface area contributed by atoms with E-state index in [-0.39, 0.29) is 29.4 Å². The molecule has 2 rings (SSSR count). The van der Waals surface area contributed by atoms with E-state index in [2.05, 4.69) is 0 Å². The summed E-state index contributed by atoms with van der Waals surface area (Å²) >= 11 is 0. The van der Waals surface area contributed by atoms with Crippen molar-refractivity contribution in [2.24, 2.45) is 0 Å². The maximum atomic E-state index is 11.6. The fourth-order valence-corrected chi connectivity index (χ4v) is 2.24. The molecule has 7 nitrogen and oxygen atoms in total. The van der Waals surface area contributed by atoms with Gasteiger partial charge in [0.15, 0.2) is 12.1 Å². The second-order valence-electron chi connectivity index (χ2n) is 5.20. The minimum absolute atomic E-state index is 0.0507. The fourth-order valence-electron chi connectivity index (χ4n) is 2.24. The zero-order valence-electron chi connectivity index (χ0n) is 13.9. The van der Waals surface area contributed by atoms with Crippen LogP contribution in [0.4, 0.5) is 5.69 Å². The number of Topliss-reactive ketones (excluding diaryl/α,β-unsaturated/α-hetero) is 1. The molecule has 0 amide bonds. The Morgan fingerprint density at radius 1 is 1.16 bits per heavy atom. The van der Waals surface area contributed by atoms with E-state index in [1.54, 1.807) is 18.2 Å². The van der Waals surface area contributed by atoms with Gasteiger partial charge in [-0.15, -0.1) is 0 Å². The smallest absolute Gasteiger partial charge is 0.270 e. The highest BCUT2D eigenvalue weighted by Crippen LogP contribution is 2.26. The van der Waals surface area contributed by atoms with Crippen LogP contribution in [0.2, 0.25) is 0 Å². The van der Waals surface area contributed by atoms with Crippen LogP contribution < -0.4 is 9.47 Å². The third-order valence-corrected chi connectivity index (χ3v) is 3.48. The molecule has 0 radical (unpaired) electrons. The van der Waals surface area contributed by atoms with E-state index in [0.717, 1.165) is 6.07 Å². The van der Waals surface area contributed by atoms with E-state index in [1.807, 2.05) is 6.92 Å². The number of carbonyl (C=O) groups is 2. The number of benzene rings is 2. The van der Waals surface area contributed by atoms with Crippen molar-refractivity contribution in [1.29, 1.82) is 0 Å². The Hall–Kier alpha value is -3.22. The van der Waals surface area contributed by atoms with E-state index >= 15 is 0 Å². The summed E-state index contributed by atoms with van der Waals surface area (Å²) in [6, 6.07) is 8.81. The number of ketones is 1. The van der Waals surface area contributed by atoms with Crippen LogP contribution in [-0.2, 0) is 6.61 Å². The van der Waals surface area contributed by atoms with E-state index in [9.17, 15) is 19.7 Å². The Balaban J connectivity index is 2.28. The number of nitro groups is 1. The van der Waals surface area contributed by atoms with Gasteiger partial charge in [-0.2, -0.15) is 0 Å². The van der Waals surface area contributed by atoms with E-state index < -0.39 is 4.92 Å². The number of hydrogen-bond donors (Lipinski definition) is 0. The van der Waals surface area contributed by atoms with Gasteiger partial charge in [0.1, 0.15) is 18.1 Å². The van der Waals surface area contributed by atoms with Crippen LogP contribution >= 0.6 is 0 Å². The van der Waals surface area contributed by atoms with Gasteiger partial charge in [-0.25, -0.2) is 0 Å². The van der Waals surface area contributed by atoms with Crippen molar-refractivity contribution < 1.29 is 24.0 Å². The first-order valence-electron chi connectivity index (χ1n) is 7.59. The lowest BCUT2D eigenvalue weighted by atomic mass is 10.1. The molecule has 0 saturated heterocycles. The first-order chi connectivity index (χ1) is 12.0. The second kappa shape index (κ2) is 8.05. The van der Waals surface area contributed by atoms with E-state index in [0.29, 0.717) is 29.8 Å². The summed E-state index contributed by atoms with van der Waals surface area (Å²) in [7, 11) is 0. The standard InChI is InChI=1S/C18H17NO6/c1-3-24-18-6-4-13(12(2)21)8-15(18)11-25-17-7-5-16(19(22)23)9-14(17)10-20/h4-10H,3,11H2,1-2H3. The highest BCUT2D eigenvalue weighted by Gasteiger charge is 2.13. The summed E-state index contributed by atoms with van der Waals surface area (Å²) in [5.74, 6) is 0.701. The van der Waals surface area contributed by atoms with Crippen molar-refractivity contribution in [3.8, 4) is 11.5 Å². The van der Waals surface area contributed by atoms with Crippen molar-refractivity contribution in [2.45, 2.75) is 20.5 Å². The van der Waals surface area contributed by atoms with Crippen molar-refractivity contribution in [1.82, 2.24) is 0 Å². The molecule has 7 heteroatoms. The lowest BCUT2D eigenvalue weighted by molar-refractivity contribution is -0.384. The molecular weight excluding hydrogens is 326 g/mol. The first kappa shape index (κ1) is 18.1. The maximum absolute atomic E-state index is 11.6. The average Bonchev–Trinajstić information content (AvgIpc) is 2.60. The number of hydrogen-bond acceptors (Lipinski definition) is 6. The summed E-state index contributed by atoms with van der Waals surface area (Å²) in [4.78, 5) is 32.9. The van der Waals surface area contributed by atoms with Crippen LogP contribution in [-0.4, -0.2) is 23.6 Å². The largest absolute Gasteiger partial charge is 0.493 e. The molecule has 0 aliphatic heterocycles. The number of carbonyl (C=O) groups excluding carboxylic acids is 2. The number of non-ortho nitro benzene ring substituents is 1. The van der Waals surface area contributed by atoms with Gasteiger partial charge in [0.25, 0.3) is 5.69 Å². The summed E-state index contributed by atoms with van der Waals surface area (Å²) in [6.07, 6.45) is 0.498. The number of nitrogens with zero attached hydrogens (tertiary/aromatic N) is 1. The monoisotopic (exact) mass is 343 g/mol. The van der Waals surface area contributed by atoms with Gasteiger partial charge in [-0.05, 0) is 38.1 Å². The van der Waals surface area contributed by atoms with Crippen LogP contribution in [0.5, 0.6) is 11.5 Å². The molecular formula is C18H17NO6. The van der Waals surface area contributed by atoms with Crippen LogP contribution in [0.15, 0.2) is 36.4 Å². The van der Waals surface area contributed by atoms with Gasteiger partial charge >= 0.3 is 0 Å². The predicted molar refractivity (Wildman–Crippen MR) is 90.4 cm³/mol. The number of aldehydes is 1. The molecule has 0 atom stereocenters. The first-order valence-corrected chi connectivity index (χ1v) is 7.59. The lowest BCUT2D eigenvalue weighted by Gasteiger charge is -2.13. The Labute approximate surface area is 144 Å². The number of nitro benzene ring substituents is 1. The van der Waals surface area contributed by atoms with Gasteiger partial charge in [0.05, 0.1) is 17.1 Å². The molecule has 0 unspecified atom stereocenters. The Bertz CT molecular complexity index is 815.